The van der Waals surface area contributed by atoms with Gasteiger partial charge in [0.15, 0.2) is 0 Å². The molecule has 0 radical (unpaired) electrons. The Morgan fingerprint density at radius 2 is 2.30 bits per heavy atom. The van der Waals surface area contributed by atoms with Crippen molar-refractivity contribution in [3.8, 4) is 5.75 Å². The van der Waals surface area contributed by atoms with Gasteiger partial charge in [-0.1, -0.05) is 19.4 Å². The first-order valence-corrected chi connectivity index (χ1v) is 7.20. The van der Waals surface area contributed by atoms with Crippen molar-refractivity contribution in [1.29, 1.82) is 0 Å². The molecule has 1 aliphatic carbocycles. The molecule has 1 aliphatic rings. The average Bonchev–Trinajstić information content (AvgIpc) is 3.23. The van der Waals surface area contributed by atoms with E-state index < -0.39 is 0 Å². The van der Waals surface area contributed by atoms with Crippen molar-refractivity contribution in [2.24, 2.45) is 0 Å². The van der Waals surface area contributed by atoms with Crippen molar-refractivity contribution in [3.63, 3.8) is 0 Å². The molecule has 0 saturated heterocycles. The Kier molecular flexibility index (Phi) is 5.04. The lowest BCUT2D eigenvalue weighted by Gasteiger charge is -2.08. The summed E-state index contributed by atoms with van der Waals surface area (Å²) in [4.78, 5) is 11.5. The highest BCUT2D eigenvalue weighted by Gasteiger charge is 2.21. The maximum Gasteiger partial charge on any atom is 0.244 e. The molecular weight excluding hydrogens is 252 g/mol. The number of benzene rings is 1. The van der Waals surface area contributed by atoms with Crippen LogP contribution in [0.4, 0.5) is 5.69 Å². The predicted octanol–water partition coefficient (Wildman–Crippen LogP) is 2.74. The molecule has 0 atom stereocenters. The monoisotopic (exact) mass is 274 g/mol. The van der Waals surface area contributed by atoms with Gasteiger partial charge in [-0.15, -0.1) is 0 Å². The van der Waals surface area contributed by atoms with E-state index in [1.165, 1.54) is 0 Å². The van der Waals surface area contributed by atoms with Crippen molar-refractivity contribution in [1.82, 2.24) is 5.32 Å². The van der Waals surface area contributed by atoms with Gasteiger partial charge in [0.25, 0.3) is 0 Å². The van der Waals surface area contributed by atoms with Crippen LogP contribution >= 0.6 is 0 Å². The smallest absolute Gasteiger partial charge is 0.244 e. The van der Waals surface area contributed by atoms with Gasteiger partial charge in [-0.3, -0.25) is 4.79 Å². The van der Waals surface area contributed by atoms with E-state index in [9.17, 15) is 4.79 Å². The molecular formula is C16H22N2O2. The third-order valence-electron chi connectivity index (χ3n) is 3.14. The fourth-order valence-electron chi connectivity index (χ4n) is 1.78. The fourth-order valence-corrected chi connectivity index (χ4v) is 1.78. The molecule has 1 fully saturated rings. The molecule has 2 rings (SSSR count). The molecule has 3 N–H and O–H groups in total. The summed E-state index contributed by atoms with van der Waals surface area (Å²) >= 11 is 0. The average molecular weight is 274 g/mol. The highest BCUT2D eigenvalue weighted by atomic mass is 16.5. The Morgan fingerprint density at radius 1 is 1.50 bits per heavy atom. The Morgan fingerprint density at radius 3 is 2.95 bits per heavy atom. The van der Waals surface area contributed by atoms with Gasteiger partial charge in [-0.2, -0.15) is 0 Å². The second-order valence-electron chi connectivity index (χ2n) is 5.12. The minimum absolute atomic E-state index is 0.0469. The first-order chi connectivity index (χ1) is 9.69. The van der Waals surface area contributed by atoms with Crippen molar-refractivity contribution in [3.05, 3.63) is 29.8 Å². The van der Waals surface area contributed by atoms with Crippen LogP contribution < -0.4 is 15.8 Å². The van der Waals surface area contributed by atoms with E-state index in [2.05, 4.69) is 12.2 Å². The molecule has 0 heterocycles. The zero-order chi connectivity index (χ0) is 14.4. The SMILES string of the molecule is CCCCOc1ccc(/C=C\C(=O)NC2CC2)cc1N. The van der Waals surface area contributed by atoms with Crippen LogP contribution in [-0.2, 0) is 4.79 Å². The number of amides is 1. The Hall–Kier alpha value is -1.97. The Balaban J connectivity index is 1.90. The van der Waals surface area contributed by atoms with Gasteiger partial charge in [-0.25, -0.2) is 0 Å². The van der Waals surface area contributed by atoms with Gasteiger partial charge >= 0.3 is 0 Å². The minimum Gasteiger partial charge on any atom is -0.491 e. The first kappa shape index (κ1) is 14.4. The lowest BCUT2D eigenvalue weighted by molar-refractivity contribution is -0.116. The zero-order valence-corrected chi connectivity index (χ0v) is 11.9. The number of carbonyl (C=O) groups excluding carboxylic acids is 1. The highest BCUT2D eigenvalue weighted by molar-refractivity contribution is 5.92. The van der Waals surface area contributed by atoms with Crippen LogP contribution in [0.2, 0.25) is 0 Å². The standard InChI is InChI=1S/C16H22N2O2/c1-2-3-10-20-15-8-4-12(11-14(15)17)5-9-16(19)18-13-6-7-13/h4-5,8-9,11,13H,2-3,6-7,10,17H2,1H3,(H,18,19)/b9-5-. The van der Waals surface area contributed by atoms with E-state index in [4.69, 9.17) is 10.5 Å². The largest absolute Gasteiger partial charge is 0.491 e. The number of nitrogens with two attached hydrogens (primary N) is 1. The molecule has 0 aliphatic heterocycles. The van der Waals surface area contributed by atoms with Crippen molar-refractivity contribution >= 4 is 17.7 Å². The summed E-state index contributed by atoms with van der Waals surface area (Å²) in [5.74, 6) is 0.660. The molecule has 1 amide bonds. The molecule has 4 nitrogen and oxygen atoms in total. The molecule has 1 saturated carbocycles. The zero-order valence-electron chi connectivity index (χ0n) is 11.9. The molecule has 0 bridgehead atoms. The molecule has 0 aromatic heterocycles. The number of hydrogen-bond donors (Lipinski definition) is 2. The van der Waals surface area contributed by atoms with E-state index in [0.717, 1.165) is 31.2 Å². The summed E-state index contributed by atoms with van der Waals surface area (Å²) in [5, 5.41) is 2.90. The Bertz CT molecular complexity index is 493. The van der Waals surface area contributed by atoms with Gasteiger partial charge in [0, 0.05) is 12.1 Å². The van der Waals surface area contributed by atoms with E-state index in [-0.39, 0.29) is 5.91 Å². The minimum atomic E-state index is -0.0469. The molecule has 0 unspecified atom stereocenters. The van der Waals surface area contributed by atoms with Gasteiger partial charge in [-0.05, 0) is 43.0 Å². The summed E-state index contributed by atoms with van der Waals surface area (Å²) < 4.78 is 5.59. The number of ether oxygens (including phenoxy) is 1. The van der Waals surface area contributed by atoms with Gasteiger partial charge in [0.1, 0.15) is 5.75 Å². The third kappa shape index (κ3) is 4.61. The van der Waals surface area contributed by atoms with Gasteiger partial charge in [0.05, 0.1) is 12.3 Å². The van der Waals surface area contributed by atoms with E-state index in [1.54, 1.807) is 12.2 Å². The molecule has 108 valence electrons. The van der Waals surface area contributed by atoms with Crippen LogP contribution in [0.1, 0.15) is 38.2 Å². The Labute approximate surface area is 120 Å². The van der Waals surface area contributed by atoms with E-state index >= 15 is 0 Å². The molecule has 0 spiro atoms. The van der Waals surface area contributed by atoms with Gasteiger partial charge in [0.2, 0.25) is 5.91 Å². The van der Waals surface area contributed by atoms with E-state index in [0.29, 0.717) is 24.1 Å². The van der Waals surface area contributed by atoms with Crippen LogP contribution in [0.15, 0.2) is 24.3 Å². The maximum absolute atomic E-state index is 11.5. The number of hydrogen-bond acceptors (Lipinski definition) is 3. The molecule has 20 heavy (non-hydrogen) atoms. The number of anilines is 1. The van der Waals surface area contributed by atoms with E-state index in [1.807, 2.05) is 18.2 Å². The summed E-state index contributed by atoms with van der Waals surface area (Å²) in [5.41, 5.74) is 7.44. The normalized spacial score (nSPS) is 14.4. The van der Waals surface area contributed by atoms with Crippen molar-refractivity contribution in [2.75, 3.05) is 12.3 Å². The molecule has 4 heteroatoms. The number of unbranched alkanes of at least 4 members (excludes halogenated alkanes) is 1. The lowest BCUT2D eigenvalue weighted by atomic mass is 10.1. The van der Waals surface area contributed by atoms with Crippen molar-refractivity contribution in [2.45, 2.75) is 38.6 Å². The highest BCUT2D eigenvalue weighted by Crippen LogP contribution is 2.23. The number of nitrogens with one attached hydrogen (secondary N) is 1. The predicted molar refractivity (Wildman–Crippen MR) is 81.5 cm³/mol. The number of nitrogen functional groups attached to an aromatic ring is 1. The third-order valence-corrected chi connectivity index (χ3v) is 3.14. The summed E-state index contributed by atoms with van der Waals surface area (Å²) in [6.45, 7) is 2.80. The van der Waals surface area contributed by atoms with Crippen LogP contribution in [0.25, 0.3) is 6.08 Å². The summed E-state index contributed by atoms with van der Waals surface area (Å²) in [6.07, 6.45) is 7.61. The van der Waals surface area contributed by atoms with Crippen LogP contribution in [0, 0.1) is 0 Å². The maximum atomic E-state index is 11.5. The van der Waals surface area contributed by atoms with Crippen molar-refractivity contribution < 1.29 is 9.53 Å². The van der Waals surface area contributed by atoms with Crippen LogP contribution in [-0.4, -0.2) is 18.6 Å². The van der Waals surface area contributed by atoms with Gasteiger partial charge < -0.3 is 15.8 Å². The lowest BCUT2D eigenvalue weighted by Crippen LogP contribution is -2.22. The summed E-state index contributed by atoms with van der Waals surface area (Å²) in [7, 11) is 0. The second-order valence-corrected chi connectivity index (χ2v) is 5.12. The second kappa shape index (κ2) is 6.98. The van der Waals surface area contributed by atoms with Crippen LogP contribution in [0.3, 0.4) is 0 Å². The molecule has 1 aromatic rings. The molecule has 1 aromatic carbocycles. The quantitative estimate of drug-likeness (QED) is 0.456. The first-order valence-electron chi connectivity index (χ1n) is 7.20. The topological polar surface area (TPSA) is 64.3 Å². The summed E-state index contributed by atoms with van der Waals surface area (Å²) in [6, 6.07) is 5.95. The number of carbonyl (C=O) groups is 1. The fraction of sp³-hybridized carbons (Fsp3) is 0.438. The number of rotatable bonds is 7. The van der Waals surface area contributed by atoms with Crippen LogP contribution in [0.5, 0.6) is 5.75 Å².